The predicted octanol–water partition coefficient (Wildman–Crippen LogP) is 9.97. The van der Waals surface area contributed by atoms with Crippen LogP contribution in [-0.4, -0.2) is 9.13 Å². The molecule has 0 aliphatic heterocycles. The lowest BCUT2D eigenvalue weighted by Crippen LogP contribution is -1.97. The Kier molecular flexibility index (Phi) is 5.22. The van der Waals surface area contributed by atoms with Crippen molar-refractivity contribution in [2.45, 2.75) is 0 Å². The first-order chi connectivity index (χ1) is 20.7. The largest absolute Gasteiger partial charge is 0.309 e. The maximum Gasteiger partial charge on any atom is 0.188 e. The number of para-hydroxylation sites is 3. The molecule has 0 radical (unpaired) electrons. The third-order valence-corrected chi connectivity index (χ3v) is 8.11. The highest BCUT2D eigenvalue weighted by atomic mass is 15.0. The van der Waals surface area contributed by atoms with E-state index in [-0.39, 0.29) is 0 Å². The van der Waals surface area contributed by atoms with Gasteiger partial charge in [-0.05, 0) is 77.2 Å². The van der Waals surface area contributed by atoms with Crippen LogP contribution >= 0.6 is 0 Å². The molecule has 0 aliphatic rings. The highest BCUT2D eigenvalue weighted by molar-refractivity contribution is 6.11. The van der Waals surface area contributed by atoms with E-state index in [4.69, 9.17) is 6.57 Å². The summed E-state index contributed by atoms with van der Waals surface area (Å²) in [5.74, 6) is 0. The fourth-order valence-electron chi connectivity index (χ4n) is 6.31. The molecular weight excluding hydrogens is 512 g/mol. The van der Waals surface area contributed by atoms with E-state index in [1.54, 1.807) is 0 Å². The van der Waals surface area contributed by atoms with Crippen LogP contribution in [0.5, 0.6) is 0 Å². The lowest BCUT2D eigenvalue weighted by molar-refractivity contribution is 1.17. The molecule has 4 heteroatoms. The van der Waals surface area contributed by atoms with Crippen molar-refractivity contribution in [2.24, 2.45) is 0 Å². The molecule has 6 aromatic carbocycles. The molecule has 8 aromatic rings. The van der Waals surface area contributed by atoms with Crippen LogP contribution in [0, 0.1) is 17.9 Å². The number of hydrogen-bond acceptors (Lipinski definition) is 1. The predicted molar refractivity (Wildman–Crippen MR) is 172 cm³/mol. The minimum atomic E-state index is 0.591. The molecule has 2 heterocycles. The second-order valence-electron chi connectivity index (χ2n) is 10.5. The van der Waals surface area contributed by atoms with E-state index in [0.717, 1.165) is 55.3 Å². The molecule has 0 saturated heterocycles. The first-order valence-corrected chi connectivity index (χ1v) is 13.8. The van der Waals surface area contributed by atoms with Crippen molar-refractivity contribution in [1.29, 1.82) is 5.26 Å². The average molecular weight is 535 g/mol. The van der Waals surface area contributed by atoms with Crippen LogP contribution in [-0.2, 0) is 0 Å². The van der Waals surface area contributed by atoms with E-state index in [9.17, 15) is 5.26 Å². The summed E-state index contributed by atoms with van der Waals surface area (Å²) >= 11 is 0. The topological polar surface area (TPSA) is 38.0 Å². The zero-order chi connectivity index (χ0) is 28.2. The maximum atomic E-state index is 10.1. The first kappa shape index (κ1) is 23.8. The number of nitriles is 1. The molecular formula is C38H22N4. The minimum Gasteiger partial charge on any atom is -0.309 e. The Balaban J connectivity index is 1.35. The molecule has 8 rings (SSSR count). The number of aromatic nitrogens is 2. The summed E-state index contributed by atoms with van der Waals surface area (Å²) in [6.07, 6.45) is 0. The number of benzene rings is 6. The zero-order valence-corrected chi connectivity index (χ0v) is 22.5. The number of hydrogen-bond donors (Lipinski definition) is 0. The summed E-state index contributed by atoms with van der Waals surface area (Å²) in [7, 11) is 0. The van der Waals surface area contributed by atoms with E-state index in [0.29, 0.717) is 11.3 Å². The van der Waals surface area contributed by atoms with Gasteiger partial charge in [0.15, 0.2) is 5.69 Å². The molecule has 42 heavy (non-hydrogen) atoms. The Hall–Kier alpha value is -6.10. The van der Waals surface area contributed by atoms with Crippen molar-refractivity contribution < 1.29 is 0 Å². The summed E-state index contributed by atoms with van der Waals surface area (Å²) in [4.78, 5) is 3.65. The van der Waals surface area contributed by atoms with E-state index in [1.165, 1.54) is 10.8 Å². The third kappa shape index (κ3) is 3.53. The molecule has 0 atom stereocenters. The molecule has 194 valence electrons. The van der Waals surface area contributed by atoms with Gasteiger partial charge in [0.05, 0.1) is 40.3 Å². The Labute approximate surface area is 242 Å². The normalized spacial score (nSPS) is 11.3. The average Bonchev–Trinajstić information content (AvgIpc) is 3.57. The lowest BCUT2D eigenvalue weighted by atomic mass is 10.0. The van der Waals surface area contributed by atoms with Gasteiger partial charge in [0.2, 0.25) is 0 Å². The van der Waals surface area contributed by atoms with Crippen molar-refractivity contribution in [3.8, 4) is 28.6 Å². The molecule has 2 aromatic heterocycles. The van der Waals surface area contributed by atoms with Gasteiger partial charge in [-0.25, -0.2) is 4.85 Å². The van der Waals surface area contributed by atoms with Crippen LogP contribution in [0.1, 0.15) is 5.56 Å². The Morgan fingerprint density at radius 2 is 1.07 bits per heavy atom. The van der Waals surface area contributed by atoms with E-state index in [2.05, 4.69) is 111 Å². The lowest BCUT2D eigenvalue weighted by Gasteiger charge is -2.13. The second-order valence-corrected chi connectivity index (χ2v) is 10.5. The fourth-order valence-corrected chi connectivity index (χ4v) is 6.31. The summed E-state index contributed by atoms with van der Waals surface area (Å²) in [5, 5.41) is 14.6. The van der Waals surface area contributed by atoms with Crippen molar-refractivity contribution >= 4 is 49.3 Å². The fraction of sp³-hybridized carbons (Fsp3) is 0. The Bertz CT molecular complexity index is 2390. The van der Waals surface area contributed by atoms with Gasteiger partial charge >= 0.3 is 0 Å². The monoisotopic (exact) mass is 534 g/mol. The second kappa shape index (κ2) is 9.24. The van der Waals surface area contributed by atoms with Gasteiger partial charge in [-0.1, -0.05) is 72.8 Å². The third-order valence-electron chi connectivity index (χ3n) is 8.11. The van der Waals surface area contributed by atoms with Gasteiger partial charge in [0.25, 0.3) is 0 Å². The summed E-state index contributed by atoms with van der Waals surface area (Å²) in [6.45, 7) is 7.51. The van der Waals surface area contributed by atoms with Crippen LogP contribution in [0.2, 0.25) is 0 Å². The zero-order valence-electron chi connectivity index (χ0n) is 22.5. The van der Waals surface area contributed by atoms with Gasteiger partial charge < -0.3 is 9.13 Å². The molecule has 0 spiro atoms. The van der Waals surface area contributed by atoms with Gasteiger partial charge in [0, 0.05) is 27.5 Å². The smallest absolute Gasteiger partial charge is 0.188 e. The van der Waals surface area contributed by atoms with Crippen LogP contribution < -0.4 is 0 Å². The van der Waals surface area contributed by atoms with Crippen molar-refractivity contribution in [1.82, 2.24) is 9.13 Å². The molecule has 0 N–H and O–H groups in total. The summed E-state index contributed by atoms with van der Waals surface area (Å²) < 4.78 is 4.50. The molecule has 0 aliphatic carbocycles. The van der Waals surface area contributed by atoms with Gasteiger partial charge in [0.1, 0.15) is 0 Å². The molecule has 0 bridgehead atoms. The number of fused-ring (bicyclic) bond motifs is 6. The standard InChI is InChI=1S/C38H22N4/c1-40-28-17-18-38-34(23-28)33-13-4-7-16-37(33)42(38)30-20-25(24-39)19-27(22-30)26-9-8-10-29(21-26)41-35-14-5-2-11-31(35)32-12-3-6-15-36(32)41/h2-23H. The SMILES string of the molecule is [C-]#[N+]c1ccc2c(c1)c1ccccc1n2-c1cc(C#N)cc(-c2cccc(-n3c4ccccc4c4ccccc43)c2)c1. The number of nitrogens with zero attached hydrogens (tertiary/aromatic N) is 4. The number of rotatable bonds is 3. The van der Waals surface area contributed by atoms with Crippen LogP contribution in [0.25, 0.3) is 71.0 Å². The Morgan fingerprint density at radius 1 is 0.500 bits per heavy atom. The molecule has 0 amide bonds. The molecule has 0 saturated carbocycles. The summed E-state index contributed by atoms with van der Waals surface area (Å²) in [6, 6.07) is 48.0. The van der Waals surface area contributed by atoms with E-state index in [1.807, 2.05) is 42.5 Å². The van der Waals surface area contributed by atoms with Crippen LogP contribution in [0.4, 0.5) is 5.69 Å². The molecule has 0 fully saturated rings. The van der Waals surface area contributed by atoms with Crippen LogP contribution in [0.15, 0.2) is 133 Å². The molecule has 4 nitrogen and oxygen atoms in total. The minimum absolute atomic E-state index is 0.591. The van der Waals surface area contributed by atoms with Gasteiger partial charge in [-0.2, -0.15) is 5.26 Å². The molecule has 0 unspecified atom stereocenters. The first-order valence-electron chi connectivity index (χ1n) is 13.8. The van der Waals surface area contributed by atoms with Crippen LogP contribution in [0.3, 0.4) is 0 Å². The van der Waals surface area contributed by atoms with Gasteiger partial charge in [-0.15, -0.1) is 0 Å². The highest BCUT2D eigenvalue weighted by Crippen LogP contribution is 2.37. The maximum absolute atomic E-state index is 10.1. The van der Waals surface area contributed by atoms with Crippen molar-refractivity contribution in [3.05, 3.63) is 150 Å². The quantitative estimate of drug-likeness (QED) is 0.208. The van der Waals surface area contributed by atoms with E-state index < -0.39 is 0 Å². The van der Waals surface area contributed by atoms with Crippen molar-refractivity contribution in [3.63, 3.8) is 0 Å². The van der Waals surface area contributed by atoms with Gasteiger partial charge in [-0.3, -0.25) is 0 Å². The summed E-state index contributed by atoms with van der Waals surface area (Å²) in [5.41, 5.74) is 9.54. The van der Waals surface area contributed by atoms with Crippen molar-refractivity contribution in [2.75, 3.05) is 0 Å². The Morgan fingerprint density at radius 3 is 1.71 bits per heavy atom. The van der Waals surface area contributed by atoms with E-state index >= 15 is 0 Å². The highest BCUT2D eigenvalue weighted by Gasteiger charge is 2.16.